The Bertz CT molecular complexity index is 317. The van der Waals surface area contributed by atoms with Gasteiger partial charge in [0.1, 0.15) is 17.6 Å². The molecule has 1 aromatic heterocycles. The standard InChI is InChI=1S/C11H16O3/c1-7-4-9(14-8(7)2)10(12)11(3)5-13-6-11/h4,10,12H,5-6H2,1-3H3. The second kappa shape index (κ2) is 3.11. The summed E-state index contributed by atoms with van der Waals surface area (Å²) in [5.74, 6) is 1.54. The molecule has 1 atom stereocenters. The van der Waals surface area contributed by atoms with Gasteiger partial charge in [0.2, 0.25) is 0 Å². The lowest BCUT2D eigenvalue weighted by molar-refractivity contribution is -0.167. The summed E-state index contributed by atoms with van der Waals surface area (Å²) in [6.07, 6.45) is -0.552. The molecule has 0 amide bonds. The molecule has 3 heteroatoms. The van der Waals surface area contributed by atoms with Gasteiger partial charge in [0, 0.05) is 5.41 Å². The van der Waals surface area contributed by atoms with Crippen molar-refractivity contribution in [2.75, 3.05) is 13.2 Å². The number of hydrogen-bond donors (Lipinski definition) is 1. The SMILES string of the molecule is Cc1cc(C(O)C2(C)COC2)oc1C. The normalized spacial score (nSPS) is 21.7. The Balaban J connectivity index is 2.22. The van der Waals surface area contributed by atoms with E-state index in [0.29, 0.717) is 19.0 Å². The topological polar surface area (TPSA) is 42.6 Å². The molecule has 0 spiro atoms. The molecule has 3 nitrogen and oxygen atoms in total. The van der Waals surface area contributed by atoms with E-state index in [1.54, 1.807) is 0 Å². The summed E-state index contributed by atoms with van der Waals surface area (Å²) in [6, 6.07) is 1.91. The molecular formula is C11H16O3. The van der Waals surface area contributed by atoms with Crippen LogP contribution in [0.5, 0.6) is 0 Å². The molecule has 1 N–H and O–H groups in total. The first-order valence-corrected chi connectivity index (χ1v) is 4.86. The lowest BCUT2D eigenvalue weighted by atomic mass is 9.81. The molecule has 2 heterocycles. The van der Waals surface area contributed by atoms with Crippen LogP contribution < -0.4 is 0 Å². The number of hydrogen-bond acceptors (Lipinski definition) is 3. The van der Waals surface area contributed by atoms with Gasteiger partial charge in [0.25, 0.3) is 0 Å². The summed E-state index contributed by atoms with van der Waals surface area (Å²) in [6.45, 7) is 7.11. The maximum absolute atomic E-state index is 10.1. The van der Waals surface area contributed by atoms with Crippen LogP contribution in [0.4, 0.5) is 0 Å². The van der Waals surface area contributed by atoms with Gasteiger partial charge in [-0.3, -0.25) is 0 Å². The second-order valence-corrected chi connectivity index (χ2v) is 4.44. The van der Waals surface area contributed by atoms with Crippen LogP contribution >= 0.6 is 0 Å². The fraction of sp³-hybridized carbons (Fsp3) is 0.636. The predicted octanol–water partition coefficient (Wildman–Crippen LogP) is 1.97. The Morgan fingerprint density at radius 3 is 2.43 bits per heavy atom. The molecule has 0 aromatic carbocycles. The van der Waals surface area contributed by atoms with Gasteiger partial charge in [-0.25, -0.2) is 0 Å². The number of rotatable bonds is 2. The maximum atomic E-state index is 10.1. The van der Waals surface area contributed by atoms with Crippen molar-refractivity contribution in [1.29, 1.82) is 0 Å². The zero-order valence-electron chi connectivity index (χ0n) is 8.83. The number of aryl methyl sites for hydroxylation is 2. The van der Waals surface area contributed by atoms with E-state index in [4.69, 9.17) is 9.15 Å². The summed E-state index contributed by atoms with van der Waals surface area (Å²) in [5.41, 5.74) is 0.916. The van der Waals surface area contributed by atoms with Gasteiger partial charge >= 0.3 is 0 Å². The lowest BCUT2D eigenvalue weighted by Crippen LogP contribution is -2.44. The van der Waals surface area contributed by atoms with E-state index in [9.17, 15) is 5.11 Å². The minimum atomic E-state index is -0.552. The molecule has 1 unspecified atom stereocenters. The van der Waals surface area contributed by atoms with E-state index in [1.165, 1.54) is 0 Å². The Kier molecular flexibility index (Phi) is 2.16. The molecule has 1 aromatic rings. The molecule has 2 rings (SSSR count). The van der Waals surface area contributed by atoms with Gasteiger partial charge < -0.3 is 14.3 Å². The Labute approximate surface area is 83.7 Å². The first-order valence-electron chi connectivity index (χ1n) is 4.86. The molecule has 1 aliphatic rings. The smallest absolute Gasteiger partial charge is 0.133 e. The van der Waals surface area contributed by atoms with Crippen LogP contribution in [0.25, 0.3) is 0 Å². The minimum Gasteiger partial charge on any atom is -0.463 e. The first kappa shape index (κ1) is 9.74. The summed E-state index contributed by atoms with van der Waals surface area (Å²) in [5, 5.41) is 10.1. The molecule has 0 saturated carbocycles. The minimum absolute atomic E-state index is 0.170. The highest BCUT2D eigenvalue weighted by Crippen LogP contribution is 2.40. The molecule has 1 aliphatic heterocycles. The monoisotopic (exact) mass is 196 g/mol. The molecule has 0 bridgehead atoms. The average Bonchev–Trinajstić information content (AvgIpc) is 2.42. The average molecular weight is 196 g/mol. The van der Waals surface area contributed by atoms with E-state index in [-0.39, 0.29) is 5.41 Å². The first-order chi connectivity index (χ1) is 6.53. The maximum Gasteiger partial charge on any atom is 0.133 e. The zero-order valence-corrected chi connectivity index (χ0v) is 8.83. The van der Waals surface area contributed by atoms with Crippen molar-refractivity contribution in [3.05, 3.63) is 23.2 Å². The molecular weight excluding hydrogens is 180 g/mol. The number of aliphatic hydroxyl groups is 1. The molecule has 1 saturated heterocycles. The summed E-state index contributed by atoms with van der Waals surface area (Å²) >= 11 is 0. The predicted molar refractivity (Wildman–Crippen MR) is 52.1 cm³/mol. The Morgan fingerprint density at radius 1 is 1.43 bits per heavy atom. The van der Waals surface area contributed by atoms with Crippen LogP contribution in [0.2, 0.25) is 0 Å². The van der Waals surface area contributed by atoms with E-state index >= 15 is 0 Å². The summed E-state index contributed by atoms with van der Waals surface area (Å²) in [4.78, 5) is 0. The van der Waals surface area contributed by atoms with Crippen molar-refractivity contribution in [3.63, 3.8) is 0 Å². The largest absolute Gasteiger partial charge is 0.463 e. The van der Waals surface area contributed by atoms with Gasteiger partial charge in [-0.05, 0) is 25.5 Å². The highest BCUT2D eigenvalue weighted by Gasteiger charge is 2.42. The van der Waals surface area contributed by atoms with Crippen LogP contribution in [0, 0.1) is 19.3 Å². The fourth-order valence-electron chi connectivity index (χ4n) is 1.66. The van der Waals surface area contributed by atoms with Gasteiger partial charge in [0.15, 0.2) is 0 Å². The zero-order chi connectivity index (χ0) is 10.3. The van der Waals surface area contributed by atoms with Crippen LogP contribution in [0.15, 0.2) is 10.5 Å². The van der Waals surface area contributed by atoms with Crippen molar-refractivity contribution in [2.45, 2.75) is 26.9 Å². The number of furan rings is 1. The van der Waals surface area contributed by atoms with Gasteiger partial charge in [-0.15, -0.1) is 0 Å². The molecule has 1 fully saturated rings. The Hall–Kier alpha value is -0.800. The molecule has 0 radical (unpaired) electrons. The van der Waals surface area contributed by atoms with Crippen LogP contribution in [-0.2, 0) is 4.74 Å². The highest BCUT2D eigenvalue weighted by molar-refractivity contribution is 5.21. The van der Waals surface area contributed by atoms with E-state index in [0.717, 1.165) is 11.3 Å². The van der Waals surface area contributed by atoms with Gasteiger partial charge in [0.05, 0.1) is 13.2 Å². The van der Waals surface area contributed by atoms with E-state index in [2.05, 4.69) is 0 Å². The summed E-state index contributed by atoms with van der Waals surface area (Å²) < 4.78 is 10.6. The third-order valence-corrected chi connectivity index (χ3v) is 2.98. The van der Waals surface area contributed by atoms with Crippen LogP contribution in [0.1, 0.15) is 30.1 Å². The van der Waals surface area contributed by atoms with Crippen molar-refractivity contribution >= 4 is 0 Å². The Morgan fingerprint density at radius 2 is 2.07 bits per heavy atom. The van der Waals surface area contributed by atoms with E-state index < -0.39 is 6.10 Å². The van der Waals surface area contributed by atoms with Crippen LogP contribution in [0.3, 0.4) is 0 Å². The molecule has 14 heavy (non-hydrogen) atoms. The third kappa shape index (κ3) is 1.37. The fourth-order valence-corrected chi connectivity index (χ4v) is 1.66. The lowest BCUT2D eigenvalue weighted by Gasteiger charge is -2.40. The molecule has 0 aliphatic carbocycles. The third-order valence-electron chi connectivity index (χ3n) is 2.98. The second-order valence-electron chi connectivity index (χ2n) is 4.44. The number of aliphatic hydroxyl groups excluding tert-OH is 1. The van der Waals surface area contributed by atoms with Gasteiger partial charge in [-0.1, -0.05) is 6.92 Å². The highest BCUT2D eigenvalue weighted by atomic mass is 16.5. The van der Waals surface area contributed by atoms with Crippen molar-refractivity contribution in [1.82, 2.24) is 0 Å². The summed E-state index contributed by atoms with van der Waals surface area (Å²) in [7, 11) is 0. The quantitative estimate of drug-likeness (QED) is 0.786. The van der Waals surface area contributed by atoms with Crippen molar-refractivity contribution in [3.8, 4) is 0 Å². The molecule has 78 valence electrons. The number of ether oxygens (including phenoxy) is 1. The van der Waals surface area contributed by atoms with Gasteiger partial charge in [-0.2, -0.15) is 0 Å². The van der Waals surface area contributed by atoms with Crippen LogP contribution in [-0.4, -0.2) is 18.3 Å². The van der Waals surface area contributed by atoms with Crippen molar-refractivity contribution < 1.29 is 14.3 Å². The van der Waals surface area contributed by atoms with Crippen molar-refractivity contribution in [2.24, 2.45) is 5.41 Å². The van der Waals surface area contributed by atoms with E-state index in [1.807, 2.05) is 26.8 Å².